The van der Waals surface area contributed by atoms with Crippen molar-refractivity contribution in [3.05, 3.63) is 149 Å². The summed E-state index contributed by atoms with van der Waals surface area (Å²) in [4.78, 5) is 13.2. The second-order valence-electron chi connectivity index (χ2n) is 12.3. The van der Waals surface area contributed by atoms with Gasteiger partial charge in [0.15, 0.2) is 0 Å². The first kappa shape index (κ1) is 29.9. The number of benzene rings is 3. The maximum Gasteiger partial charge on any atom is 0.216 e. The Labute approximate surface area is 295 Å². The van der Waals surface area contributed by atoms with Crippen molar-refractivity contribution in [2.24, 2.45) is 5.92 Å². The molecular formula is C42H39IrN3O-2. The number of rotatable bonds is 6. The average molecular weight is 797 g/mol. The number of hydrogen-bond acceptors (Lipinski definition) is 4. The van der Waals surface area contributed by atoms with Gasteiger partial charge >= 0.3 is 0 Å². The Hall–Kier alpha value is -4.44. The summed E-state index contributed by atoms with van der Waals surface area (Å²) >= 11 is 0. The summed E-state index contributed by atoms with van der Waals surface area (Å²) in [6.07, 6.45) is 5.60. The van der Waals surface area contributed by atoms with Crippen LogP contribution in [0.1, 0.15) is 57.0 Å². The summed E-state index contributed by atoms with van der Waals surface area (Å²) in [5.74, 6) is 0.640. The average Bonchev–Trinajstić information content (AvgIpc) is 3.45. The van der Waals surface area contributed by atoms with Gasteiger partial charge in [-0.25, -0.2) is 4.98 Å². The number of pyridine rings is 3. The molecule has 0 aliphatic rings. The molecule has 0 aliphatic heterocycles. The van der Waals surface area contributed by atoms with Crippen molar-refractivity contribution in [2.45, 2.75) is 54.3 Å². The number of nitrogens with zero attached hydrogens (tertiary/aromatic N) is 3. The number of furan rings is 1. The minimum absolute atomic E-state index is 0. The van der Waals surface area contributed by atoms with Gasteiger partial charge in [0.05, 0.1) is 5.58 Å². The zero-order valence-electron chi connectivity index (χ0n) is 30.3. The van der Waals surface area contributed by atoms with E-state index in [0.717, 1.165) is 51.7 Å². The van der Waals surface area contributed by atoms with Crippen molar-refractivity contribution in [1.29, 1.82) is 0 Å². The molecule has 0 atom stereocenters. The van der Waals surface area contributed by atoms with Crippen LogP contribution in [-0.4, -0.2) is 15.0 Å². The van der Waals surface area contributed by atoms with E-state index in [0.29, 0.717) is 17.2 Å². The third-order valence-electron chi connectivity index (χ3n) is 8.07. The third kappa shape index (κ3) is 8.11. The summed E-state index contributed by atoms with van der Waals surface area (Å²) < 4.78 is 28.9. The van der Waals surface area contributed by atoms with Gasteiger partial charge in [0.1, 0.15) is 0 Å². The predicted octanol–water partition coefficient (Wildman–Crippen LogP) is 10.4. The van der Waals surface area contributed by atoms with Gasteiger partial charge in [0.2, 0.25) is 5.71 Å². The second kappa shape index (κ2) is 15.0. The molecule has 0 saturated carbocycles. The molecule has 5 heteroatoms. The van der Waals surface area contributed by atoms with Gasteiger partial charge in [-0.05, 0) is 91.3 Å². The van der Waals surface area contributed by atoms with Gasteiger partial charge in [-0.1, -0.05) is 73.7 Å². The molecular weight excluding hydrogens is 755 g/mol. The number of fused-ring (bicyclic) bond motifs is 3. The van der Waals surface area contributed by atoms with Crippen LogP contribution in [0, 0.1) is 45.7 Å². The molecule has 4 aromatic heterocycles. The van der Waals surface area contributed by atoms with E-state index < -0.39 is 6.85 Å². The van der Waals surface area contributed by atoms with Gasteiger partial charge in [0.25, 0.3) is 0 Å². The van der Waals surface area contributed by atoms with Crippen molar-refractivity contribution < 1.29 is 28.6 Å². The topological polar surface area (TPSA) is 51.8 Å². The molecule has 4 nitrogen and oxygen atoms in total. The normalized spacial score (nSPS) is 12.2. The molecule has 47 heavy (non-hydrogen) atoms. The van der Waals surface area contributed by atoms with Gasteiger partial charge in [0, 0.05) is 47.7 Å². The molecule has 0 aliphatic carbocycles. The van der Waals surface area contributed by atoms with Gasteiger partial charge in [-0.15, -0.1) is 53.6 Å². The molecule has 7 aromatic rings. The molecule has 0 amide bonds. The number of hydrogen-bond donors (Lipinski definition) is 0. The van der Waals surface area contributed by atoms with Gasteiger partial charge < -0.3 is 14.4 Å². The van der Waals surface area contributed by atoms with Crippen LogP contribution >= 0.6 is 0 Å². The monoisotopic (exact) mass is 797 g/mol. The van der Waals surface area contributed by atoms with E-state index in [2.05, 4.69) is 110 Å². The zero-order valence-corrected chi connectivity index (χ0v) is 29.7. The molecule has 0 spiro atoms. The first-order valence-electron chi connectivity index (χ1n) is 17.1. The summed E-state index contributed by atoms with van der Waals surface area (Å²) in [5, 5.41) is 1.64. The number of aryl methyl sites for hydroxylation is 4. The molecule has 0 saturated heterocycles. The minimum atomic E-state index is -2.29. The van der Waals surface area contributed by atoms with E-state index in [9.17, 15) is 0 Å². The van der Waals surface area contributed by atoms with Crippen LogP contribution < -0.4 is 0 Å². The zero-order chi connectivity index (χ0) is 34.7. The Morgan fingerprint density at radius 3 is 2.32 bits per heavy atom. The quantitative estimate of drug-likeness (QED) is 0.157. The van der Waals surface area contributed by atoms with Crippen molar-refractivity contribution >= 4 is 22.1 Å². The summed E-state index contributed by atoms with van der Waals surface area (Å²) in [7, 11) is 0. The van der Waals surface area contributed by atoms with Crippen LogP contribution in [0.4, 0.5) is 0 Å². The largest absolute Gasteiger partial charge is 0.486 e. The van der Waals surface area contributed by atoms with Crippen molar-refractivity contribution in [2.75, 3.05) is 0 Å². The molecule has 239 valence electrons. The van der Waals surface area contributed by atoms with E-state index in [-0.39, 0.29) is 25.8 Å². The maximum atomic E-state index is 7.63. The minimum Gasteiger partial charge on any atom is -0.486 e. The van der Waals surface area contributed by atoms with Crippen LogP contribution in [0.3, 0.4) is 0 Å². The first-order valence-corrected chi connectivity index (χ1v) is 15.6. The Morgan fingerprint density at radius 2 is 1.60 bits per heavy atom. The Balaban J connectivity index is 0.000000255. The molecule has 4 heterocycles. The third-order valence-corrected chi connectivity index (χ3v) is 8.07. The molecule has 1 radical (unpaired) electrons. The fraction of sp³-hybridized carbons (Fsp3) is 0.214. The standard InChI is InChI=1S/C28H25N2O.C14H14N.Ir/c1-18(2)15-20-8-10-21(11-9-20)16-22-13-14-29-26(17-22)25-6-4-5-23-24-12-7-19(3)30-28(24)31-27(23)25;1-10-4-6-13(7-5-10)14-8-11(2)12(3)9-15-14;/h4-5,7-14,17-18H,15-16H2,1-3H3;4-6,8-9H,1-3H3;/q2*-1;/i3D3;;. The molecule has 0 N–H and O–H groups in total. The van der Waals surface area contributed by atoms with E-state index >= 15 is 0 Å². The summed E-state index contributed by atoms with van der Waals surface area (Å²) in [6, 6.07) is 34.7. The van der Waals surface area contributed by atoms with Gasteiger partial charge in [-0.2, -0.15) is 0 Å². The Morgan fingerprint density at radius 1 is 0.787 bits per heavy atom. The van der Waals surface area contributed by atoms with E-state index in [4.69, 9.17) is 8.53 Å². The first-order chi connectivity index (χ1) is 23.4. The maximum absolute atomic E-state index is 7.63. The van der Waals surface area contributed by atoms with E-state index in [1.165, 1.54) is 33.9 Å². The van der Waals surface area contributed by atoms with E-state index in [1.807, 2.05) is 30.5 Å². The van der Waals surface area contributed by atoms with E-state index in [1.54, 1.807) is 12.3 Å². The van der Waals surface area contributed by atoms with Crippen molar-refractivity contribution in [1.82, 2.24) is 15.0 Å². The molecule has 3 aromatic carbocycles. The summed E-state index contributed by atoms with van der Waals surface area (Å²) in [5.41, 5.74) is 12.0. The second-order valence-corrected chi connectivity index (χ2v) is 12.3. The molecule has 7 rings (SSSR count). The van der Waals surface area contributed by atoms with Crippen molar-refractivity contribution in [3.8, 4) is 22.5 Å². The van der Waals surface area contributed by atoms with Crippen LogP contribution in [0.15, 0.2) is 102 Å². The van der Waals surface area contributed by atoms with Crippen LogP contribution in [0.2, 0.25) is 0 Å². The van der Waals surface area contributed by atoms with Crippen LogP contribution in [0.25, 0.3) is 44.6 Å². The molecule has 0 fully saturated rings. The van der Waals surface area contributed by atoms with Crippen LogP contribution in [-0.2, 0) is 32.9 Å². The number of aromatic nitrogens is 3. The van der Waals surface area contributed by atoms with Gasteiger partial charge in [-0.3, -0.25) is 0 Å². The molecule has 0 unspecified atom stereocenters. The molecule has 0 bridgehead atoms. The van der Waals surface area contributed by atoms with Crippen LogP contribution in [0.5, 0.6) is 0 Å². The Kier molecular flexibility index (Phi) is 9.54. The Bertz CT molecular complexity index is 2220. The van der Waals surface area contributed by atoms with Crippen molar-refractivity contribution in [3.63, 3.8) is 0 Å². The fourth-order valence-corrected chi connectivity index (χ4v) is 5.47. The fourth-order valence-electron chi connectivity index (χ4n) is 5.47. The summed E-state index contributed by atoms with van der Waals surface area (Å²) in [6.45, 7) is 8.42. The SMILES string of the molecule is Cc1c[c-]c(-c2cc(C)c(C)cn2)cc1.[2H]C([2H])([2H])c1ccc2c(n1)oc1c(-c3cc(Cc4ccc(CC(C)C)cc4)ccn3)[c-]ccc12.[Ir]. The smallest absolute Gasteiger partial charge is 0.216 e. The predicted molar refractivity (Wildman–Crippen MR) is 189 cm³/mol.